The molecule has 0 spiro atoms. The zero-order valence-electron chi connectivity index (χ0n) is 14.7. The second-order valence-corrected chi connectivity index (χ2v) is 6.65. The molecule has 6 nitrogen and oxygen atoms in total. The molecule has 2 amide bonds. The van der Waals surface area contributed by atoms with Crippen molar-refractivity contribution in [1.82, 2.24) is 20.1 Å². The van der Waals surface area contributed by atoms with Gasteiger partial charge in [0.05, 0.1) is 0 Å². The lowest BCUT2D eigenvalue weighted by molar-refractivity contribution is 0.0890. The first kappa shape index (κ1) is 17.7. The SMILES string of the molecule is Cc1cccc(NC(=O)NC[C@@H](C(C)C)N2CCN(C)CC2)n1. The summed E-state index contributed by atoms with van der Waals surface area (Å²) in [5, 5.41) is 5.79. The molecule has 1 atom stereocenters. The van der Waals surface area contributed by atoms with Crippen LogP contribution in [0.5, 0.6) is 0 Å². The summed E-state index contributed by atoms with van der Waals surface area (Å²) in [5.41, 5.74) is 0.889. The van der Waals surface area contributed by atoms with Gasteiger partial charge in [0, 0.05) is 44.5 Å². The Balaban J connectivity index is 1.84. The molecular formula is C17H29N5O. The van der Waals surface area contributed by atoms with Gasteiger partial charge in [-0.2, -0.15) is 0 Å². The third kappa shape index (κ3) is 5.48. The van der Waals surface area contributed by atoms with Crippen LogP contribution in [-0.2, 0) is 0 Å². The van der Waals surface area contributed by atoms with Crippen molar-refractivity contribution in [2.75, 3.05) is 45.1 Å². The number of carbonyl (C=O) groups is 1. The average molecular weight is 319 g/mol. The van der Waals surface area contributed by atoms with Crippen molar-refractivity contribution in [3.05, 3.63) is 23.9 Å². The molecule has 6 heteroatoms. The van der Waals surface area contributed by atoms with E-state index < -0.39 is 0 Å². The van der Waals surface area contributed by atoms with Crippen molar-refractivity contribution < 1.29 is 4.79 Å². The molecule has 1 aromatic rings. The second kappa shape index (κ2) is 8.26. The summed E-state index contributed by atoms with van der Waals surface area (Å²) >= 11 is 0. The average Bonchev–Trinajstić information content (AvgIpc) is 2.49. The molecule has 0 unspecified atom stereocenters. The van der Waals surface area contributed by atoms with E-state index in [-0.39, 0.29) is 6.03 Å². The third-order valence-electron chi connectivity index (χ3n) is 4.38. The number of carbonyl (C=O) groups excluding carboxylic acids is 1. The Hall–Kier alpha value is -1.66. The van der Waals surface area contributed by atoms with E-state index in [9.17, 15) is 4.79 Å². The standard InChI is InChI=1S/C17H29N5O/c1-13(2)15(22-10-8-21(4)9-11-22)12-18-17(23)20-16-7-5-6-14(3)19-16/h5-7,13,15H,8-12H2,1-4H3,(H2,18,19,20,23)/t15-/m0/s1. The van der Waals surface area contributed by atoms with Crippen molar-refractivity contribution >= 4 is 11.8 Å². The molecule has 2 heterocycles. The Morgan fingerprint density at radius 3 is 2.57 bits per heavy atom. The third-order valence-corrected chi connectivity index (χ3v) is 4.38. The van der Waals surface area contributed by atoms with Gasteiger partial charge in [0.25, 0.3) is 0 Å². The van der Waals surface area contributed by atoms with Crippen molar-refractivity contribution in [2.45, 2.75) is 26.8 Å². The van der Waals surface area contributed by atoms with Crippen LogP contribution in [0, 0.1) is 12.8 Å². The minimum Gasteiger partial charge on any atom is -0.336 e. The van der Waals surface area contributed by atoms with Crippen LogP contribution < -0.4 is 10.6 Å². The molecule has 0 aliphatic carbocycles. The number of amides is 2. The number of aryl methyl sites for hydroxylation is 1. The summed E-state index contributed by atoms with van der Waals surface area (Å²) in [4.78, 5) is 21.2. The van der Waals surface area contributed by atoms with Gasteiger partial charge in [0.2, 0.25) is 0 Å². The zero-order chi connectivity index (χ0) is 16.8. The van der Waals surface area contributed by atoms with Crippen molar-refractivity contribution in [2.24, 2.45) is 5.92 Å². The van der Waals surface area contributed by atoms with Crippen LogP contribution in [0.4, 0.5) is 10.6 Å². The van der Waals surface area contributed by atoms with E-state index in [4.69, 9.17) is 0 Å². The van der Waals surface area contributed by atoms with Crippen LogP contribution in [0.15, 0.2) is 18.2 Å². The Morgan fingerprint density at radius 1 is 1.26 bits per heavy atom. The molecule has 0 bridgehead atoms. The van der Waals surface area contributed by atoms with Crippen LogP contribution in [0.25, 0.3) is 0 Å². The topological polar surface area (TPSA) is 60.5 Å². The Morgan fingerprint density at radius 2 is 1.96 bits per heavy atom. The van der Waals surface area contributed by atoms with E-state index in [1.54, 1.807) is 6.07 Å². The lowest BCUT2D eigenvalue weighted by Gasteiger charge is -2.39. The summed E-state index contributed by atoms with van der Waals surface area (Å²) in [6, 6.07) is 5.76. The first-order valence-electron chi connectivity index (χ1n) is 8.37. The Kier molecular flexibility index (Phi) is 6.36. The summed E-state index contributed by atoms with van der Waals surface area (Å²) in [5.74, 6) is 1.08. The van der Waals surface area contributed by atoms with E-state index in [0.717, 1.165) is 31.9 Å². The molecule has 2 N–H and O–H groups in total. The number of nitrogens with one attached hydrogen (secondary N) is 2. The Labute approximate surface area is 139 Å². The van der Waals surface area contributed by atoms with Gasteiger partial charge in [-0.3, -0.25) is 10.2 Å². The summed E-state index contributed by atoms with van der Waals surface area (Å²) in [6.45, 7) is 11.3. The zero-order valence-corrected chi connectivity index (χ0v) is 14.7. The number of hydrogen-bond donors (Lipinski definition) is 2. The van der Waals surface area contributed by atoms with Gasteiger partial charge in [0.15, 0.2) is 0 Å². The van der Waals surface area contributed by atoms with Crippen LogP contribution in [-0.4, -0.2) is 66.6 Å². The molecule has 0 radical (unpaired) electrons. The summed E-state index contributed by atoms with van der Waals surface area (Å²) in [6.07, 6.45) is 0. The lowest BCUT2D eigenvalue weighted by atomic mass is 10.0. The largest absolute Gasteiger partial charge is 0.336 e. The van der Waals surface area contributed by atoms with Gasteiger partial charge in [-0.25, -0.2) is 9.78 Å². The fourth-order valence-corrected chi connectivity index (χ4v) is 2.91. The monoisotopic (exact) mass is 319 g/mol. The molecule has 0 aromatic carbocycles. The first-order chi connectivity index (χ1) is 11.0. The highest BCUT2D eigenvalue weighted by molar-refractivity contribution is 5.88. The highest BCUT2D eigenvalue weighted by atomic mass is 16.2. The number of piperazine rings is 1. The molecule has 1 saturated heterocycles. The normalized spacial score (nSPS) is 18.0. The maximum Gasteiger partial charge on any atom is 0.320 e. The Bertz CT molecular complexity index is 511. The van der Waals surface area contributed by atoms with Crippen LogP contribution in [0.2, 0.25) is 0 Å². The number of hydrogen-bond acceptors (Lipinski definition) is 4. The number of urea groups is 1. The predicted molar refractivity (Wildman–Crippen MR) is 93.7 cm³/mol. The number of rotatable bonds is 5. The van der Waals surface area contributed by atoms with Gasteiger partial charge in [-0.1, -0.05) is 19.9 Å². The molecular weight excluding hydrogens is 290 g/mol. The van der Waals surface area contributed by atoms with Gasteiger partial charge in [-0.05, 0) is 32.0 Å². The van der Waals surface area contributed by atoms with E-state index >= 15 is 0 Å². The molecule has 1 fully saturated rings. The van der Waals surface area contributed by atoms with Crippen LogP contribution >= 0.6 is 0 Å². The minimum absolute atomic E-state index is 0.192. The highest BCUT2D eigenvalue weighted by Gasteiger charge is 2.25. The van der Waals surface area contributed by atoms with Crippen molar-refractivity contribution in [3.8, 4) is 0 Å². The maximum atomic E-state index is 12.1. The van der Waals surface area contributed by atoms with Crippen molar-refractivity contribution in [3.63, 3.8) is 0 Å². The molecule has 1 aliphatic heterocycles. The molecule has 23 heavy (non-hydrogen) atoms. The lowest BCUT2D eigenvalue weighted by Crippen LogP contribution is -2.54. The number of likely N-dealkylation sites (N-methyl/N-ethyl adjacent to an activating group) is 1. The summed E-state index contributed by atoms with van der Waals surface area (Å²) in [7, 11) is 2.16. The number of pyridine rings is 1. The molecule has 1 aliphatic rings. The molecule has 1 aromatic heterocycles. The number of aromatic nitrogens is 1. The van der Waals surface area contributed by atoms with Crippen LogP contribution in [0.3, 0.4) is 0 Å². The maximum absolute atomic E-state index is 12.1. The van der Waals surface area contributed by atoms with E-state index in [2.05, 4.69) is 46.3 Å². The van der Waals surface area contributed by atoms with Gasteiger partial charge < -0.3 is 10.2 Å². The molecule has 2 rings (SSSR count). The highest BCUT2D eigenvalue weighted by Crippen LogP contribution is 2.13. The number of nitrogens with zero attached hydrogens (tertiary/aromatic N) is 3. The predicted octanol–water partition coefficient (Wildman–Crippen LogP) is 1.78. The van der Waals surface area contributed by atoms with Crippen molar-refractivity contribution in [1.29, 1.82) is 0 Å². The fraction of sp³-hybridized carbons (Fsp3) is 0.647. The van der Waals surface area contributed by atoms with E-state index in [1.807, 2.05) is 19.1 Å². The van der Waals surface area contributed by atoms with Gasteiger partial charge in [0.1, 0.15) is 5.82 Å². The van der Waals surface area contributed by atoms with E-state index in [0.29, 0.717) is 24.3 Å². The first-order valence-corrected chi connectivity index (χ1v) is 8.37. The molecule has 128 valence electrons. The second-order valence-electron chi connectivity index (χ2n) is 6.65. The minimum atomic E-state index is -0.192. The molecule has 0 saturated carbocycles. The van der Waals surface area contributed by atoms with Gasteiger partial charge in [-0.15, -0.1) is 0 Å². The van der Waals surface area contributed by atoms with Crippen LogP contribution in [0.1, 0.15) is 19.5 Å². The van der Waals surface area contributed by atoms with E-state index in [1.165, 1.54) is 0 Å². The summed E-state index contributed by atoms with van der Waals surface area (Å²) < 4.78 is 0. The van der Waals surface area contributed by atoms with Gasteiger partial charge >= 0.3 is 6.03 Å². The number of anilines is 1. The quantitative estimate of drug-likeness (QED) is 0.868. The fourth-order valence-electron chi connectivity index (χ4n) is 2.91. The smallest absolute Gasteiger partial charge is 0.320 e.